The molecule has 1 aromatic heterocycles. The summed E-state index contributed by atoms with van der Waals surface area (Å²) in [5.74, 6) is 1.35. The minimum absolute atomic E-state index is 0.106. The molecule has 1 aliphatic rings. The third kappa shape index (κ3) is 2.77. The van der Waals surface area contributed by atoms with Crippen LogP contribution in [0.15, 0.2) is 12.5 Å². The maximum Gasteiger partial charge on any atom is 0.0951 e. The van der Waals surface area contributed by atoms with Crippen LogP contribution < -0.4 is 5.73 Å². The van der Waals surface area contributed by atoms with Gasteiger partial charge >= 0.3 is 0 Å². The second kappa shape index (κ2) is 5.87. The summed E-state index contributed by atoms with van der Waals surface area (Å²) in [6.07, 6.45) is 10.6. The van der Waals surface area contributed by atoms with Gasteiger partial charge in [-0.1, -0.05) is 40.0 Å². The van der Waals surface area contributed by atoms with Gasteiger partial charge in [0.05, 0.1) is 12.0 Å². The molecule has 1 heterocycles. The molecular formula is C15H27N3. The molecular weight excluding hydrogens is 222 g/mol. The first-order valence-electron chi connectivity index (χ1n) is 7.40. The van der Waals surface area contributed by atoms with Crippen LogP contribution in [0.5, 0.6) is 0 Å². The number of imidazole rings is 1. The highest BCUT2D eigenvalue weighted by Gasteiger charge is 2.25. The fraction of sp³-hybridized carbons (Fsp3) is 0.800. The highest BCUT2D eigenvalue weighted by Crippen LogP contribution is 2.36. The normalized spacial score (nSPS) is 26.5. The molecule has 1 aliphatic carbocycles. The van der Waals surface area contributed by atoms with Gasteiger partial charge in [-0.25, -0.2) is 4.98 Å². The van der Waals surface area contributed by atoms with Gasteiger partial charge in [-0.3, -0.25) is 0 Å². The third-order valence-corrected chi connectivity index (χ3v) is 4.48. The zero-order valence-corrected chi connectivity index (χ0v) is 12.0. The molecule has 0 saturated heterocycles. The number of rotatable bonds is 4. The number of hydrogen-bond donors (Lipinski definition) is 1. The molecule has 1 saturated carbocycles. The van der Waals surface area contributed by atoms with Crippen molar-refractivity contribution in [3.05, 3.63) is 18.2 Å². The van der Waals surface area contributed by atoms with E-state index in [4.69, 9.17) is 5.73 Å². The van der Waals surface area contributed by atoms with Crippen LogP contribution in [0.4, 0.5) is 0 Å². The largest absolute Gasteiger partial charge is 0.330 e. The summed E-state index contributed by atoms with van der Waals surface area (Å²) in [6, 6.07) is 0.723. The van der Waals surface area contributed by atoms with Crippen molar-refractivity contribution in [3.63, 3.8) is 0 Å². The molecule has 1 aromatic rings. The fourth-order valence-corrected chi connectivity index (χ4v) is 3.11. The van der Waals surface area contributed by atoms with Gasteiger partial charge in [0.1, 0.15) is 0 Å². The predicted octanol–water partition coefficient (Wildman–Crippen LogP) is 3.68. The molecule has 0 radical (unpaired) electrons. The molecule has 2 rings (SSSR count). The van der Waals surface area contributed by atoms with Crippen molar-refractivity contribution in [2.24, 2.45) is 17.6 Å². The van der Waals surface area contributed by atoms with E-state index in [2.05, 4.69) is 30.3 Å². The van der Waals surface area contributed by atoms with E-state index in [0.717, 1.165) is 5.92 Å². The lowest BCUT2D eigenvalue weighted by molar-refractivity contribution is 0.254. The summed E-state index contributed by atoms with van der Waals surface area (Å²) in [7, 11) is 0. The van der Waals surface area contributed by atoms with Crippen LogP contribution in [0.2, 0.25) is 0 Å². The molecule has 3 nitrogen and oxygen atoms in total. The number of nitrogens with zero attached hydrogens (tertiary/aromatic N) is 2. The molecule has 0 aromatic carbocycles. The van der Waals surface area contributed by atoms with Crippen molar-refractivity contribution in [2.45, 2.75) is 65.0 Å². The first-order chi connectivity index (χ1) is 8.63. The molecule has 0 aliphatic heterocycles. The summed E-state index contributed by atoms with van der Waals surface area (Å²) >= 11 is 0. The molecule has 0 spiro atoms. The molecule has 3 atom stereocenters. The quantitative estimate of drug-likeness (QED) is 0.884. The first-order valence-corrected chi connectivity index (χ1v) is 7.40. The van der Waals surface area contributed by atoms with Crippen LogP contribution in [0.1, 0.15) is 70.7 Å². The SMILES string of the molecule is CCC1CCCC(n2cncc2C(N)C(C)C)C1. The molecule has 3 unspecified atom stereocenters. The minimum Gasteiger partial charge on any atom is -0.330 e. The van der Waals surface area contributed by atoms with Crippen molar-refractivity contribution >= 4 is 0 Å². The van der Waals surface area contributed by atoms with Crippen LogP contribution in [0.25, 0.3) is 0 Å². The van der Waals surface area contributed by atoms with E-state index in [1.807, 2.05) is 12.5 Å². The van der Waals surface area contributed by atoms with Gasteiger partial charge in [0, 0.05) is 18.3 Å². The zero-order valence-electron chi connectivity index (χ0n) is 12.0. The Bertz CT molecular complexity index is 370. The Morgan fingerprint density at radius 1 is 1.44 bits per heavy atom. The molecule has 3 heteroatoms. The summed E-state index contributed by atoms with van der Waals surface area (Å²) in [4.78, 5) is 4.33. The maximum absolute atomic E-state index is 6.30. The summed E-state index contributed by atoms with van der Waals surface area (Å²) < 4.78 is 2.35. The maximum atomic E-state index is 6.30. The standard InChI is InChI=1S/C15H27N3/c1-4-12-6-5-7-13(8-12)18-10-17-9-14(18)15(16)11(2)3/h9-13,15H,4-8,16H2,1-3H3. The second-order valence-electron chi connectivity index (χ2n) is 6.09. The smallest absolute Gasteiger partial charge is 0.0951 e. The van der Waals surface area contributed by atoms with E-state index in [-0.39, 0.29) is 6.04 Å². The number of hydrogen-bond acceptors (Lipinski definition) is 2. The summed E-state index contributed by atoms with van der Waals surface area (Å²) in [6.45, 7) is 6.66. The Morgan fingerprint density at radius 3 is 2.89 bits per heavy atom. The molecule has 0 bridgehead atoms. The van der Waals surface area contributed by atoms with Crippen LogP contribution in [-0.4, -0.2) is 9.55 Å². The van der Waals surface area contributed by atoms with Crippen LogP contribution in [-0.2, 0) is 0 Å². The second-order valence-corrected chi connectivity index (χ2v) is 6.09. The van der Waals surface area contributed by atoms with E-state index >= 15 is 0 Å². The Balaban J connectivity index is 2.15. The summed E-state index contributed by atoms with van der Waals surface area (Å²) in [5.41, 5.74) is 7.51. The summed E-state index contributed by atoms with van der Waals surface area (Å²) in [5, 5.41) is 0. The zero-order chi connectivity index (χ0) is 13.1. The third-order valence-electron chi connectivity index (χ3n) is 4.48. The lowest BCUT2D eigenvalue weighted by Crippen LogP contribution is -2.25. The van der Waals surface area contributed by atoms with E-state index in [1.54, 1.807) is 0 Å². The number of aromatic nitrogens is 2. The van der Waals surface area contributed by atoms with E-state index < -0.39 is 0 Å². The average molecular weight is 249 g/mol. The van der Waals surface area contributed by atoms with Crippen molar-refractivity contribution < 1.29 is 0 Å². The fourth-order valence-electron chi connectivity index (χ4n) is 3.11. The Kier molecular flexibility index (Phi) is 4.44. The Labute approximate surface area is 111 Å². The van der Waals surface area contributed by atoms with Crippen LogP contribution in [0.3, 0.4) is 0 Å². The molecule has 18 heavy (non-hydrogen) atoms. The molecule has 2 N–H and O–H groups in total. The van der Waals surface area contributed by atoms with Crippen molar-refractivity contribution in [1.29, 1.82) is 0 Å². The van der Waals surface area contributed by atoms with Gasteiger partial charge in [-0.2, -0.15) is 0 Å². The van der Waals surface area contributed by atoms with Gasteiger partial charge in [-0.05, 0) is 24.7 Å². The van der Waals surface area contributed by atoms with Gasteiger partial charge in [-0.15, -0.1) is 0 Å². The molecule has 1 fully saturated rings. The predicted molar refractivity (Wildman–Crippen MR) is 75.3 cm³/mol. The van der Waals surface area contributed by atoms with Crippen molar-refractivity contribution in [3.8, 4) is 0 Å². The topological polar surface area (TPSA) is 43.8 Å². The monoisotopic (exact) mass is 249 g/mol. The lowest BCUT2D eigenvalue weighted by atomic mass is 9.84. The highest BCUT2D eigenvalue weighted by atomic mass is 15.1. The number of nitrogens with two attached hydrogens (primary N) is 1. The van der Waals surface area contributed by atoms with E-state index in [1.165, 1.54) is 37.8 Å². The molecule has 0 amide bonds. The van der Waals surface area contributed by atoms with Gasteiger partial charge in [0.2, 0.25) is 0 Å². The Morgan fingerprint density at radius 2 is 2.22 bits per heavy atom. The Hall–Kier alpha value is -0.830. The van der Waals surface area contributed by atoms with Gasteiger partial charge in [0.15, 0.2) is 0 Å². The molecule has 102 valence electrons. The first kappa shape index (κ1) is 13.6. The van der Waals surface area contributed by atoms with E-state index in [0.29, 0.717) is 12.0 Å². The van der Waals surface area contributed by atoms with Gasteiger partial charge in [0.25, 0.3) is 0 Å². The van der Waals surface area contributed by atoms with Crippen molar-refractivity contribution in [2.75, 3.05) is 0 Å². The van der Waals surface area contributed by atoms with Gasteiger partial charge < -0.3 is 10.3 Å². The van der Waals surface area contributed by atoms with Crippen molar-refractivity contribution in [1.82, 2.24) is 9.55 Å². The highest BCUT2D eigenvalue weighted by molar-refractivity contribution is 5.07. The minimum atomic E-state index is 0.106. The lowest BCUT2D eigenvalue weighted by Gasteiger charge is -2.31. The van der Waals surface area contributed by atoms with Crippen LogP contribution in [0, 0.1) is 11.8 Å². The van der Waals surface area contributed by atoms with Crippen LogP contribution >= 0.6 is 0 Å². The average Bonchev–Trinajstić information content (AvgIpc) is 2.86. The van der Waals surface area contributed by atoms with E-state index in [9.17, 15) is 0 Å².